The molecule has 4 aliphatic rings. The van der Waals surface area contributed by atoms with Crippen molar-refractivity contribution in [3.8, 4) is 0 Å². The van der Waals surface area contributed by atoms with Gasteiger partial charge in [0.2, 0.25) is 0 Å². The van der Waals surface area contributed by atoms with E-state index in [1.165, 1.54) is 5.57 Å². The van der Waals surface area contributed by atoms with E-state index >= 15 is 0 Å². The molecule has 0 saturated heterocycles. The van der Waals surface area contributed by atoms with Crippen LogP contribution in [-0.2, 0) is 14.3 Å². The number of carboxylic acid groups (broad SMARTS) is 1. The monoisotopic (exact) mass is 404 g/mol. The highest BCUT2D eigenvalue weighted by Gasteiger charge is 2.69. The molecule has 162 valence electrons. The molecule has 0 spiro atoms. The van der Waals surface area contributed by atoms with Gasteiger partial charge in [-0.15, -0.1) is 0 Å². The lowest BCUT2D eigenvalue weighted by Crippen LogP contribution is -2.62. The van der Waals surface area contributed by atoms with E-state index in [-0.39, 0.29) is 29.0 Å². The van der Waals surface area contributed by atoms with Crippen LogP contribution in [0.2, 0.25) is 0 Å². The molecule has 0 amide bonds. The summed E-state index contributed by atoms with van der Waals surface area (Å²) in [6, 6.07) is 0. The van der Waals surface area contributed by atoms with E-state index in [0.717, 1.165) is 38.5 Å². The van der Waals surface area contributed by atoms with Gasteiger partial charge in [-0.3, -0.25) is 4.79 Å². The first-order valence-corrected chi connectivity index (χ1v) is 11.5. The Hall–Kier alpha value is -1.20. The lowest BCUT2D eigenvalue weighted by molar-refractivity contribution is -0.208. The first-order valence-electron chi connectivity index (χ1n) is 11.5. The van der Waals surface area contributed by atoms with Crippen LogP contribution in [0.4, 0.5) is 0 Å². The lowest BCUT2D eigenvalue weighted by Gasteiger charge is -2.60. The van der Waals surface area contributed by atoms with Crippen LogP contribution in [0.25, 0.3) is 0 Å². The Morgan fingerprint density at radius 1 is 1.24 bits per heavy atom. The summed E-state index contributed by atoms with van der Waals surface area (Å²) in [5.74, 6) is -0.0232. The normalized spacial score (nSPS) is 46.5. The Morgan fingerprint density at radius 3 is 2.69 bits per heavy atom. The summed E-state index contributed by atoms with van der Waals surface area (Å²) in [6.45, 7) is 6.82. The van der Waals surface area contributed by atoms with Crippen molar-refractivity contribution < 1.29 is 24.5 Å². The molecule has 0 aromatic rings. The number of allylic oxidation sites excluding steroid dienone is 1. The average Bonchev–Trinajstić information content (AvgIpc) is 2.95. The maximum atomic E-state index is 12.5. The number of hydrogen-bond acceptors (Lipinski definition) is 4. The molecule has 3 fully saturated rings. The minimum Gasteiger partial charge on any atom is -0.479 e. The van der Waals surface area contributed by atoms with Gasteiger partial charge in [-0.05, 0) is 74.2 Å². The first kappa shape index (κ1) is 21.0. The molecule has 2 N–H and O–H groups in total. The molecule has 7 atom stereocenters. The highest BCUT2D eigenvalue weighted by atomic mass is 16.5. The molecule has 0 heterocycles. The van der Waals surface area contributed by atoms with Gasteiger partial charge in [0.25, 0.3) is 0 Å². The number of fused-ring (bicyclic) bond motifs is 5. The van der Waals surface area contributed by atoms with Crippen LogP contribution in [0.1, 0.15) is 78.6 Å². The quantitative estimate of drug-likeness (QED) is 0.673. The van der Waals surface area contributed by atoms with E-state index in [1.54, 1.807) is 0 Å². The SMILES string of the molecule is CCCCO[C@]1(C(=O)O)CC[C@H]2[C@@H]3CCC4=CC(=O)CC[C@]4(C)[C@H]3[C@@H](O)C[C@@]21C. The highest BCUT2D eigenvalue weighted by Crippen LogP contribution is 2.68. The second-order valence-electron chi connectivity index (χ2n) is 10.4. The summed E-state index contributed by atoms with van der Waals surface area (Å²) in [4.78, 5) is 24.5. The lowest BCUT2D eigenvalue weighted by atomic mass is 9.45. The van der Waals surface area contributed by atoms with Gasteiger partial charge in [-0.1, -0.05) is 32.8 Å². The minimum absolute atomic E-state index is 0.105. The van der Waals surface area contributed by atoms with Crippen LogP contribution in [0.15, 0.2) is 11.6 Å². The number of aliphatic hydroxyl groups excluding tert-OH is 1. The van der Waals surface area contributed by atoms with E-state index in [2.05, 4.69) is 20.8 Å². The van der Waals surface area contributed by atoms with Gasteiger partial charge >= 0.3 is 5.97 Å². The Labute approximate surface area is 173 Å². The number of ether oxygens (including phenoxy) is 1. The second-order valence-corrected chi connectivity index (χ2v) is 10.4. The van der Waals surface area contributed by atoms with E-state index in [0.29, 0.717) is 25.9 Å². The molecule has 4 rings (SSSR count). The van der Waals surface area contributed by atoms with Gasteiger partial charge in [0.1, 0.15) is 0 Å². The summed E-state index contributed by atoms with van der Waals surface area (Å²) in [5, 5.41) is 21.7. The van der Waals surface area contributed by atoms with E-state index in [1.807, 2.05) is 6.08 Å². The summed E-state index contributed by atoms with van der Waals surface area (Å²) in [6.07, 6.45) is 8.11. The van der Waals surface area contributed by atoms with Crippen LogP contribution in [0, 0.1) is 28.6 Å². The molecule has 0 aromatic carbocycles. The summed E-state index contributed by atoms with van der Waals surface area (Å²) in [7, 11) is 0. The molecule has 4 aliphatic carbocycles. The average molecular weight is 405 g/mol. The van der Waals surface area contributed by atoms with Gasteiger partial charge in [0.05, 0.1) is 6.10 Å². The molecule has 0 radical (unpaired) electrons. The minimum atomic E-state index is -1.20. The van der Waals surface area contributed by atoms with Crippen molar-refractivity contribution in [2.75, 3.05) is 6.61 Å². The number of rotatable bonds is 5. The number of carbonyl (C=O) groups is 2. The van der Waals surface area contributed by atoms with Gasteiger partial charge in [0, 0.05) is 18.4 Å². The standard InChI is InChI=1S/C24H36O5/c1-4-5-12-29-24(21(27)28)11-9-18-17-7-6-15-13-16(25)8-10-22(15,2)20(17)19(26)14-23(18,24)3/h13,17-20,26H,4-12,14H2,1-3H3,(H,27,28)/t17-,18-,19-,20+,22-,23-,24-/m0/s1. The number of carboxylic acids is 1. The predicted octanol–water partition coefficient (Wildman–Crippen LogP) is 4.13. The second kappa shape index (κ2) is 7.19. The van der Waals surface area contributed by atoms with Crippen molar-refractivity contribution in [2.24, 2.45) is 28.6 Å². The number of carbonyl (C=O) groups excluding carboxylic acids is 1. The van der Waals surface area contributed by atoms with Crippen LogP contribution in [-0.4, -0.2) is 40.3 Å². The van der Waals surface area contributed by atoms with Crippen LogP contribution >= 0.6 is 0 Å². The molecular formula is C24H36O5. The van der Waals surface area contributed by atoms with Crippen LogP contribution in [0.3, 0.4) is 0 Å². The zero-order valence-corrected chi connectivity index (χ0v) is 18.1. The highest BCUT2D eigenvalue weighted by molar-refractivity contribution is 5.91. The Kier molecular flexibility index (Phi) is 5.22. The molecule has 0 aromatic heterocycles. The predicted molar refractivity (Wildman–Crippen MR) is 109 cm³/mol. The fourth-order valence-corrected chi connectivity index (χ4v) is 7.72. The number of hydrogen-bond donors (Lipinski definition) is 2. The van der Waals surface area contributed by atoms with Crippen LogP contribution in [0.5, 0.6) is 0 Å². The Balaban J connectivity index is 1.69. The summed E-state index contributed by atoms with van der Waals surface area (Å²) in [5.41, 5.74) is -0.692. The van der Waals surface area contributed by atoms with Crippen LogP contribution < -0.4 is 0 Å². The number of unbranched alkanes of at least 4 members (excludes halogenated alkanes) is 1. The van der Waals surface area contributed by atoms with Crippen molar-refractivity contribution in [2.45, 2.75) is 90.3 Å². The third kappa shape index (κ3) is 2.87. The fraction of sp³-hybridized carbons (Fsp3) is 0.833. The Bertz CT molecular complexity index is 729. The molecule has 3 saturated carbocycles. The van der Waals surface area contributed by atoms with Gasteiger partial charge in [0.15, 0.2) is 11.4 Å². The van der Waals surface area contributed by atoms with Crippen molar-refractivity contribution in [1.29, 1.82) is 0 Å². The van der Waals surface area contributed by atoms with E-state index < -0.39 is 23.1 Å². The molecule has 0 aliphatic heterocycles. The molecule has 0 bridgehead atoms. The van der Waals surface area contributed by atoms with E-state index in [9.17, 15) is 19.8 Å². The van der Waals surface area contributed by atoms with Crippen molar-refractivity contribution in [3.05, 3.63) is 11.6 Å². The zero-order chi connectivity index (χ0) is 21.0. The molecule has 29 heavy (non-hydrogen) atoms. The molecule has 5 nitrogen and oxygen atoms in total. The summed E-state index contributed by atoms with van der Waals surface area (Å²) >= 11 is 0. The van der Waals surface area contributed by atoms with Crippen molar-refractivity contribution >= 4 is 11.8 Å². The zero-order valence-electron chi connectivity index (χ0n) is 18.1. The van der Waals surface area contributed by atoms with Crippen molar-refractivity contribution in [3.63, 3.8) is 0 Å². The fourth-order valence-electron chi connectivity index (χ4n) is 7.72. The smallest absolute Gasteiger partial charge is 0.336 e. The number of aliphatic carboxylic acids is 1. The third-order valence-electron chi connectivity index (χ3n) is 9.21. The van der Waals surface area contributed by atoms with Gasteiger partial charge < -0.3 is 14.9 Å². The van der Waals surface area contributed by atoms with Crippen molar-refractivity contribution in [1.82, 2.24) is 0 Å². The van der Waals surface area contributed by atoms with Gasteiger partial charge in [-0.25, -0.2) is 4.79 Å². The largest absolute Gasteiger partial charge is 0.479 e. The number of ketones is 1. The Morgan fingerprint density at radius 2 is 2.00 bits per heavy atom. The molecular weight excluding hydrogens is 368 g/mol. The third-order valence-corrected chi connectivity index (χ3v) is 9.21. The maximum Gasteiger partial charge on any atom is 0.336 e. The molecule has 0 unspecified atom stereocenters. The topological polar surface area (TPSA) is 83.8 Å². The molecule has 5 heteroatoms. The first-order chi connectivity index (χ1) is 13.7. The summed E-state index contributed by atoms with van der Waals surface area (Å²) < 4.78 is 6.17. The van der Waals surface area contributed by atoms with E-state index in [4.69, 9.17) is 4.74 Å². The number of aliphatic hydroxyl groups is 1. The van der Waals surface area contributed by atoms with Gasteiger partial charge in [-0.2, -0.15) is 0 Å². The maximum absolute atomic E-state index is 12.5.